The van der Waals surface area contributed by atoms with Crippen LogP contribution in [0.1, 0.15) is 26.7 Å². The molecule has 0 saturated heterocycles. The minimum Gasteiger partial charge on any atom is -0.409 e. The van der Waals surface area contributed by atoms with Gasteiger partial charge in [-0.2, -0.15) is 0 Å². The maximum atomic E-state index is 11.1. The Hall–Kier alpha value is -1.30. The average Bonchev–Trinajstić information content (AvgIpc) is 2.24. The molecular weight excluding hydrogens is 196 g/mol. The largest absolute Gasteiger partial charge is 0.409 e. The van der Waals surface area contributed by atoms with E-state index in [-0.39, 0.29) is 24.3 Å². The number of nitrogens with one attached hydrogen (secondary N) is 2. The number of nitrogens with two attached hydrogens (primary N) is 1. The van der Waals surface area contributed by atoms with Gasteiger partial charge in [-0.15, -0.1) is 0 Å². The Balaban J connectivity index is 3.84. The molecule has 5 N–H and O–H groups in total. The van der Waals surface area contributed by atoms with Gasteiger partial charge in [0.25, 0.3) is 0 Å². The van der Waals surface area contributed by atoms with Crippen LogP contribution in [-0.4, -0.2) is 36.1 Å². The zero-order valence-corrected chi connectivity index (χ0v) is 9.29. The fourth-order valence-corrected chi connectivity index (χ4v) is 1.15. The molecule has 0 heterocycles. The van der Waals surface area contributed by atoms with Crippen LogP contribution >= 0.6 is 0 Å². The van der Waals surface area contributed by atoms with E-state index in [4.69, 9.17) is 10.9 Å². The van der Waals surface area contributed by atoms with Gasteiger partial charge in [0.2, 0.25) is 5.91 Å². The normalized spacial score (nSPS) is 13.6. The molecule has 15 heavy (non-hydrogen) atoms. The number of hydrogen-bond acceptors (Lipinski definition) is 4. The number of amidine groups is 1. The van der Waals surface area contributed by atoms with Crippen LogP contribution in [0.25, 0.3) is 0 Å². The summed E-state index contributed by atoms with van der Waals surface area (Å²) in [7, 11) is 0. The van der Waals surface area contributed by atoms with Gasteiger partial charge < -0.3 is 21.6 Å². The van der Waals surface area contributed by atoms with Crippen molar-refractivity contribution in [1.82, 2.24) is 10.6 Å². The van der Waals surface area contributed by atoms with Crippen molar-refractivity contribution in [3.05, 3.63) is 0 Å². The zero-order chi connectivity index (χ0) is 11.7. The molecule has 0 fully saturated rings. The second kappa shape index (κ2) is 8.05. The van der Waals surface area contributed by atoms with Crippen molar-refractivity contribution in [2.24, 2.45) is 10.9 Å². The van der Waals surface area contributed by atoms with Gasteiger partial charge in [0.15, 0.2) is 0 Å². The summed E-state index contributed by atoms with van der Waals surface area (Å²) in [5.41, 5.74) is 5.37. The molecule has 0 rings (SSSR count). The third kappa shape index (κ3) is 6.73. The molecule has 1 atom stereocenters. The van der Waals surface area contributed by atoms with Crippen LogP contribution < -0.4 is 16.4 Å². The molecule has 0 aromatic heterocycles. The average molecular weight is 216 g/mol. The van der Waals surface area contributed by atoms with Crippen LogP contribution in [0.3, 0.4) is 0 Å². The molecule has 0 bridgehead atoms. The minimum atomic E-state index is -0.0459. The summed E-state index contributed by atoms with van der Waals surface area (Å²) in [6.07, 6.45) is 1.25. The maximum absolute atomic E-state index is 11.1. The molecule has 6 nitrogen and oxygen atoms in total. The smallest absolute Gasteiger partial charge is 0.233 e. The lowest BCUT2D eigenvalue weighted by Crippen LogP contribution is -2.40. The van der Waals surface area contributed by atoms with Crippen molar-refractivity contribution < 1.29 is 10.0 Å². The Labute approximate surface area is 89.9 Å². The molecule has 0 aliphatic carbocycles. The quantitative estimate of drug-likeness (QED) is 0.202. The topological polar surface area (TPSA) is 99.7 Å². The van der Waals surface area contributed by atoms with E-state index in [9.17, 15) is 4.79 Å². The van der Waals surface area contributed by atoms with Crippen molar-refractivity contribution in [1.29, 1.82) is 0 Å². The Kier molecular flexibility index (Phi) is 7.35. The first-order valence-electron chi connectivity index (χ1n) is 5.10. The number of carbonyl (C=O) groups is 1. The Bertz CT molecular complexity index is 218. The van der Waals surface area contributed by atoms with Crippen molar-refractivity contribution in [2.75, 3.05) is 13.1 Å². The second-order valence-corrected chi connectivity index (χ2v) is 3.24. The number of carbonyl (C=O) groups excluding carboxylic acids is 1. The standard InChI is InChI=1S/C9H20N4O2/c1-3-7(5-8(10)13-15)12-6-9(14)11-4-2/h7,12,15H,3-6H2,1-2H3,(H2,10,13)(H,11,14). The zero-order valence-electron chi connectivity index (χ0n) is 9.29. The summed E-state index contributed by atoms with van der Waals surface area (Å²) < 4.78 is 0. The molecule has 0 aliphatic heterocycles. The van der Waals surface area contributed by atoms with Crippen molar-refractivity contribution in [3.8, 4) is 0 Å². The van der Waals surface area contributed by atoms with Crippen LogP contribution in [0, 0.1) is 0 Å². The van der Waals surface area contributed by atoms with Crippen molar-refractivity contribution in [2.45, 2.75) is 32.7 Å². The van der Waals surface area contributed by atoms with E-state index >= 15 is 0 Å². The molecule has 0 saturated carbocycles. The van der Waals surface area contributed by atoms with E-state index in [0.29, 0.717) is 13.0 Å². The molecule has 88 valence electrons. The number of oxime groups is 1. The number of likely N-dealkylation sites (N-methyl/N-ethyl adjacent to an activating group) is 1. The first kappa shape index (κ1) is 13.7. The number of nitrogens with zero attached hydrogens (tertiary/aromatic N) is 1. The predicted octanol–water partition coefficient (Wildman–Crippen LogP) is -0.373. The fourth-order valence-electron chi connectivity index (χ4n) is 1.15. The van der Waals surface area contributed by atoms with Crippen molar-refractivity contribution >= 4 is 11.7 Å². The van der Waals surface area contributed by atoms with Crippen molar-refractivity contribution in [3.63, 3.8) is 0 Å². The van der Waals surface area contributed by atoms with Gasteiger partial charge in [-0.3, -0.25) is 4.79 Å². The lowest BCUT2D eigenvalue weighted by molar-refractivity contribution is -0.120. The lowest BCUT2D eigenvalue weighted by Gasteiger charge is -2.15. The maximum Gasteiger partial charge on any atom is 0.233 e. The Morgan fingerprint density at radius 3 is 2.67 bits per heavy atom. The van der Waals surface area contributed by atoms with Crippen LogP contribution in [0.15, 0.2) is 5.16 Å². The summed E-state index contributed by atoms with van der Waals surface area (Å²) in [5, 5.41) is 17.0. The van der Waals surface area contributed by atoms with Gasteiger partial charge in [-0.25, -0.2) is 0 Å². The molecular formula is C9H20N4O2. The highest BCUT2D eigenvalue weighted by Gasteiger charge is 2.09. The van der Waals surface area contributed by atoms with Gasteiger partial charge in [0.1, 0.15) is 5.84 Å². The minimum absolute atomic E-state index is 0.0459. The molecule has 1 amide bonds. The van der Waals surface area contributed by atoms with Crippen LogP contribution in [0.5, 0.6) is 0 Å². The Morgan fingerprint density at radius 1 is 1.53 bits per heavy atom. The third-order valence-corrected chi connectivity index (χ3v) is 2.00. The first-order valence-corrected chi connectivity index (χ1v) is 5.10. The van der Waals surface area contributed by atoms with E-state index in [1.165, 1.54) is 0 Å². The molecule has 0 aromatic carbocycles. The van der Waals surface area contributed by atoms with E-state index in [0.717, 1.165) is 6.42 Å². The van der Waals surface area contributed by atoms with Gasteiger partial charge in [-0.05, 0) is 13.3 Å². The van der Waals surface area contributed by atoms with Crippen LogP contribution in [0.4, 0.5) is 0 Å². The fraction of sp³-hybridized carbons (Fsp3) is 0.778. The molecule has 0 aromatic rings. The van der Waals surface area contributed by atoms with Crippen LogP contribution in [-0.2, 0) is 4.79 Å². The van der Waals surface area contributed by atoms with Gasteiger partial charge in [0.05, 0.1) is 6.54 Å². The summed E-state index contributed by atoms with van der Waals surface area (Å²) in [6, 6.07) is 0.0588. The molecule has 0 aliphatic rings. The molecule has 1 unspecified atom stereocenters. The Morgan fingerprint density at radius 2 is 2.20 bits per heavy atom. The third-order valence-electron chi connectivity index (χ3n) is 2.00. The molecule has 0 radical (unpaired) electrons. The van der Waals surface area contributed by atoms with E-state index in [2.05, 4.69) is 15.8 Å². The molecule has 0 spiro atoms. The van der Waals surface area contributed by atoms with E-state index in [1.54, 1.807) is 0 Å². The SMILES string of the molecule is CCNC(=O)CNC(CC)CC(N)=NO. The summed E-state index contributed by atoms with van der Waals surface area (Å²) >= 11 is 0. The summed E-state index contributed by atoms with van der Waals surface area (Å²) in [6.45, 7) is 4.72. The van der Waals surface area contributed by atoms with Gasteiger partial charge in [0, 0.05) is 19.0 Å². The van der Waals surface area contributed by atoms with E-state index < -0.39 is 0 Å². The first-order chi connectivity index (χ1) is 7.13. The predicted molar refractivity (Wildman–Crippen MR) is 58.8 cm³/mol. The summed E-state index contributed by atoms with van der Waals surface area (Å²) in [4.78, 5) is 11.1. The van der Waals surface area contributed by atoms with Crippen LogP contribution in [0.2, 0.25) is 0 Å². The highest BCUT2D eigenvalue weighted by atomic mass is 16.4. The van der Waals surface area contributed by atoms with Gasteiger partial charge in [-0.1, -0.05) is 12.1 Å². The monoisotopic (exact) mass is 216 g/mol. The number of hydrogen-bond donors (Lipinski definition) is 4. The summed E-state index contributed by atoms with van der Waals surface area (Å²) in [5.74, 6) is 0.126. The second-order valence-electron chi connectivity index (χ2n) is 3.24. The highest BCUT2D eigenvalue weighted by Crippen LogP contribution is 1.96. The lowest BCUT2D eigenvalue weighted by atomic mass is 10.1. The van der Waals surface area contributed by atoms with Gasteiger partial charge >= 0.3 is 0 Å². The highest BCUT2D eigenvalue weighted by molar-refractivity contribution is 5.80. The molecule has 6 heteroatoms. The number of rotatable bonds is 7. The number of amides is 1. The van der Waals surface area contributed by atoms with E-state index in [1.807, 2.05) is 13.8 Å².